The Balaban J connectivity index is 1.23. The van der Waals surface area contributed by atoms with Crippen LogP contribution in [0.2, 0.25) is 0 Å². The van der Waals surface area contributed by atoms with Crippen LogP contribution < -0.4 is 20.3 Å². The van der Waals surface area contributed by atoms with Gasteiger partial charge >= 0.3 is 0 Å². The Kier molecular flexibility index (Phi) is 6.55. The standard InChI is InChI=1S/C24H32N4O/c1-25-24(26-15-20-13-14-28(17-20)22-8-3-2-4-9-22)27-16-21-7-5-6-10-23(21)29-18-19-11-12-19/h2-10,19-20H,11-18H2,1H3,(H2,25,26,27). The van der Waals surface area contributed by atoms with E-state index in [1.54, 1.807) is 0 Å². The van der Waals surface area contributed by atoms with Crippen molar-refractivity contribution in [3.8, 4) is 5.75 Å². The molecule has 1 unspecified atom stereocenters. The monoisotopic (exact) mass is 392 g/mol. The van der Waals surface area contributed by atoms with Crippen molar-refractivity contribution < 1.29 is 4.74 Å². The normalized spacial score (nSPS) is 19.3. The van der Waals surface area contributed by atoms with Crippen molar-refractivity contribution in [1.29, 1.82) is 0 Å². The molecule has 0 spiro atoms. The van der Waals surface area contributed by atoms with E-state index >= 15 is 0 Å². The van der Waals surface area contributed by atoms with Gasteiger partial charge in [-0.3, -0.25) is 4.99 Å². The summed E-state index contributed by atoms with van der Waals surface area (Å²) in [6, 6.07) is 19.0. The fourth-order valence-electron chi connectivity index (χ4n) is 3.80. The van der Waals surface area contributed by atoms with Crippen LogP contribution in [0.15, 0.2) is 59.6 Å². The number of guanidine groups is 1. The smallest absolute Gasteiger partial charge is 0.191 e. The number of rotatable bonds is 8. The molecular weight excluding hydrogens is 360 g/mol. The van der Waals surface area contributed by atoms with E-state index in [0.29, 0.717) is 12.5 Å². The number of hydrogen-bond donors (Lipinski definition) is 2. The Labute approximate surface area is 174 Å². The van der Waals surface area contributed by atoms with Crippen molar-refractivity contribution in [1.82, 2.24) is 10.6 Å². The zero-order valence-corrected chi connectivity index (χ0v) is 17.3. The number of ether oxygens (including phenoxy) is 1. The Morgan fingerprint density at radius 1 is 1.00 bits per heavy atom. The largest absolute Gasteiger partial charge is 0.493 e. The van der Waals surface area contributed by atoms with Gasteiger partial charge in [0.15, 0.2) is 5.96 Å². The molecule has 4 rings (SSSR count). The van der Waals surface area contributed by atoms with E-state index in [2.05, 4.69) is 69.1 Å². The molecule has 2 aliphatic rings. The Morgan fingerprint density at radius 3 is 2.59 bits per heavy atom. The average molecular weight is 393 g/mol. The second-order valence-electron chi connectivity index (χ2n) is 8.11. The third kappa shape index (κ3) is 5.66. The van der Waals surface area contributed by atoms with Gasteiger partial charge in [0.1, 0.15) is 5.75 Å². The summed E-state index contributed by atoms with van der Waals surface area (Å²) in [4.78, 5) is 6.86. The molecule has 1 heterocycles. The number of anilines is 1. The summed E-state index contributed by atoms with van der Waals surface area (Å²) in [5, 5.41) is 6.95. The fourth-order valence-corrected chi connectivity index (χ4v) is 3.80. The van der Waals surface area contributed by atoms with E-state index < -0.39 is 0 Å². The summed E-state index contributed by atoms with van der Waals surface area (Å²) < 4.78 is 6.02. The molecule has 1 saturated heterocycles. The highest BCUT2D eigenvalue weighted by Gasteiger charge is 2.23. The molecule has 2 aromatic carbocycles. The van der Waals surface area contributed by atoms with Crippen LogP contribution in [0.4, 0.5) is 5.69 Å². The molecule has 1 atom stereocenters. The third-order valence-corrected chi connectivity index (χ3v) is 5.78. The van der Waals surface area contributed by atoms with Crippen LogP contribution in [0.1, 0.15) is 24.8 Å². The lowest BCUT2D eigenvalue weighted by Gasteiger charge is -2.19. The molecule has 2 aromatic rings. The fraction of sp³-hybridized carbons (Fsp3) is 0.458. The average Bonchev–Trinajstić information content (AvgIpc) is 3.49. The first-order chi connectivity index (χ1) is 14.3. The van der Waals surface area contributed by atoms with E-state index in [4.69, 9.17) is 4.74 Å². The first-order valence-electron chi connectivity index (χ1n) is 10.8. The summed E-state index contributed by atoms with van der Waals surface area (Å²) in [6.45, 7) is 4.69. The molecule has 0 radical (unpaired) electrons. The molecular formula is C24H32N4O. The first kappa shape index (κ1) is 19.6. The first-order valence-corrected chi connectivity index (χ1v) is 10.8. The summed E-state index contributed by atoms with van der Waals surface area (Å²) in [5.41, 5.74) is 2.49. The van der Waals surface area contributed by atoms with Crippen LogP contribution in [-0.2, 0) is 6.54 Å². The molecule has 0 amide bonds. The van der Waals surface area contributed by atoms with Crippen LogP contribution in [0, 0.1) is 11.8 Å². The molecule has 0 bridgehead atoms. The third-order valence-electron chi connectivity index (χ3n) is 5.78. The van der Waals surface area contributed by atoms with E-state index in [1.807, 2.05) is 13.1 Å². The van der Waals surface area contributed by atoms with Gasteiger partial charge in [0, 0.05) is 44.5 Å². The van der Waals surface area contributed by atoms with Crippen molar-refractivity contribution in [2.75, 3.05) is 38.2 Å². The number of hydrogen-bond acceptors (Lipinski definition) is 3. The lowest BCUT2D eigenvalue weighted by molar-refractivity contribution is 0.296. The SMILES string of the molecule is CN=C(NCc1ccccc1OCC1CC1)NCC1CCN(c2ccccc2)C1. The zero-order valence-electron chi connectivity index (χ0n) is 17.3. The number of nitrogens with one attached hydrogen (secondary N) is 2. The van der Waals surface area contributed by atoms with Gasteiger partial charge in [-0.15, -0.1) is 0 Å². The summed E-state index contributed by atoms with van der Waals surface area (Å²) >= 11 is 0. The van der Waals surface area contributed by atoms with Crippen LogP contribution in [0.5, 0.6) is 5.75 Å². The minimum Gasteiger partial charge on any atom is -0.493 e. The highest BCUT2D eigenvalue weighted by molar-refractivity contribution is 5.79. The quantitative estimate of drug-likeness (QED) is 0.532. The zero-order chi connectivity index (χ0) is 19.9. The van der Waals surface area contributed by atoms with Gasteiger partial charge in [-0.25, -0.2) is 0 Å². The van der Waals surface area contributed by atoms with Gasteiger partial charge in [-0.2, -0.15) is 0 Å². The van der Waals surface area contributed by atoms with Gasteiger partial charge in [0.2, 0.25) is 0 Å². The number of benzene rings is 2. The Morgan fingerprint density at radius 2 is 1.79 bits per heavy atom. The number of para-hydroxylation sites is 2. The van der Waals surface area contributed by atoms with E-state index in [1.165, 1.54) is 30.5 Å². The highest BCUT2D eigenvalue weighted by atomic mass is 16.5. The van der Waals surface area contributed by atoms with Gasteiger partial charge in [-0.1, -0.05) is 36.4 Å². The Hall–Kier alpha value is -2.69. The molecule has 5 heteroatoms. The van der Waals surface area contributed by atoms with Crippen molar-refractivity contribution in [2.45, 2.75) is 25.8 Å². The lowest BCUT2D eigenvalue weighted by Crippen LogP contribution is -2.40. The van der Waals surface area contributed by atoms with Gasteiger partial charge in [0.05, 0.1) is 6.61 Å². The molecule has 5 nitrogen and oxygen atoms in total. The molecule has 0 aromatic heterocycles. The van der Waals surface area contributed by atoms with Gasteiger partial charge < -0.3 is 20.3 Å². The highest BCUT2D eigenvalue weighted by Crippen LogP contribution is 2.30. The van der Waals surface area contributed by atoms with Crippen LogP contribution in [0.3, 0.4) is 0 Å². The summed E-state index contributed by atoms with van der Waals surface area (Å²) in [6.07, 6.45) is 3.82. The molecule has 1 saturated carbocycles. The minimum atomic E-state index is 0.628. The van der Waals surface area contributed by atoms with E-state index in [9.17, 15) is 0 Å². The van der Waals surface area contributed by atoms with Crippen molar-refractivity contribution >= 4 is 11.6 Å². The molecule has 2 N–H and O–H groups in total. The van der Waals surface area contributed by atoms with Crippen molar-refractivity contribution in [2.24, 2.45) is 16.8 Å². The maximum atomic E-state index is 6.02. The molecule has 29 heavy (non-hydrogen) atoms. The van der Waals surface area contributed by atoms with Crippen molar-refractivity contribution in [3.05, 3.63) is 60.2 Å². The Bertz CT molecular complexity index is 804. The topological polar surface area (TPSA) is 48.9 Å². The molecule has 1 aliphatic heterocycles. The maximum absolute atomic E-state index is 6.02. The number of nitrogens with zero attached hydrogens (tertiary/aromatic N) is 2. The van der Waals surface area contributed by atoms with E-state index in [0.717, 1.165) is 43.9 Å². The number of aliphatic imine (C=N–C) groups is 1. The predicted molar refractivity (Wildman–Crippen MR) is 120 cm³/mol. The van der Waals surface area contributed by atoms with Gasteiger partial charge in [-0.05, 0) is 49.3 Å². The second kappa shape index (κ2) is 9.68. The molecule has 154 valence electrons. The van der Waals surface area contributed by atoms with Crippen LogP contribution in [0.25, 0.3) is 0 Å². The molecule has 1 aliphatic carbocycles. The van der Waals surface area contributed by atoms with Crippen LogP contribution >= 0.6 is 0 Å². The maximum Gasteiger partial charge on any atom is 0.191 e. The summed E-state index contributed by atoms with van der Waals surface area (Å²) in [7, 11) is 1.83. The minimum absolute atomic E-state index is 0.628. The van der Waals surface area contributed by atoms with E-state index in [-0.39, 0.29) is 0 Å². The van der Waals surface area contributed by atoms with Gasteiger partial charge in [0.25, 0.3) is 0 Å². The van der Waals surface area contributed by atoms with Crippen LogP contribution in [-0.4, -0.2) is 39.2 Å². The second-order valence-corrected chi connectivity index (χ2v) is 8.11. The summed E-state index contributed by atoms with van der Waals surface area (Å²) in [5.74, 6) is 3.21. The van der Waals surface area contributed by atoms with Crippen molar-refractivity contribution in [3.63, 3.8) is 0 Å². The molecule has 2 fully saturated rings. The lowest BCUT2D eigenvalue weighted by atomic mass is 10.1. The predicted octanol–water partition coefficient (Wildman–Crippen LogP) is 3.67.